The number of carboxylic acids is 1. The van der Waals surface area contributed by atoms with Crippen molar-refractivity contribution in [2.45, 2.75) is 25.2 Å². The molecule has 1 aromatic heterocycles. The van der Waals surface area contributed by atoms with Gasteiger partial charge in [-0.25, -0.2) is 14.2 Å². The lowest BCUT2D eigenvalue weighted by molar-refractivity contribution is -0.149. The first-order valence-electron chi connectivity index (χ1n) is 6.31. The van der Waals surface area contributed by atoms with E-state index in [0.29, 0.717) is 6.07 Å². The topological polar surface area (TPSA) is 70.5 Å². The summed E-state index contributed by atoms with van der Waals surface area (Å²) >= 11 is 0. The zero-order valence-electron chi connectivity index (χ0n) is 11.4. The quantitative estimate of drug-likeness (QED) is 0.847. The number of pyridine rings is 1. The van der Waals surface area contributed by atoms with Gasteiger partial charge in [0.2, 0.25) is 5.67 Å². The highest BCUT2D eigenvalue weighted by Gasteiger charge is 2.47. The minimum Gasteiger partial charge on any atom is -0.479 e. The molecule has 1 aliphatic rings. The van der Waals surface area contributed by atoms with Crippen LogP contribution in [0.25, 0.3) is 0 Å². The van der Waals surface area contributed by atoms with Crippen LogP contribution in [0.2, 0.25) is 0 Å². The first-order valence-corrected chi connectivity index (χ1v) is 6.31. The zero-order valence-corrected chi connectivity index (χ0v) is 11.4. The Labute approximate surface area is 122 Å². The van der Waals surface area contributed by atoms with Gasteiger partial charge >= 0.3 is 12.1 Å². The number of halogens is 4. The Morgan fingerprint density at radius 2 is 2.00 bits per heavy atom. The Kier molecular flexibility index (Phi) is 3.84. The van der Waals surface area contributed by atoms with Gasteiger partial charge in [0.25, 0.3) is 5.91 Å². The minimum absolute atomic E-state index is 0.109. The molecule has 0 radical (unpaired) electrons. The fourth-order valence-corrected chi connectivity index (χ4v) is 2.24. The number of aryl methyl sites for hydroxylation is 1. The van der Waals surface area contributed by atoms with Crippen LogP contribution in [-0.2, 0) is 11.0 Å². The highest BCUT2D eigenvalue weighted by Crippen LogP contribution is 2.30. The molecule has 0 bridgehead atoms. The van der Waals surface area contributed by atoms with Crippen LogP contribution in [0.3, 0.4) is 0 Å². The van der Waals surface area contributed by atoms with Gasteiger partial charge in [0, 0.05) is 13.0 Å². The maximum atomic E-state index is 13.9. The molecule has 120 valence electrons. The molecule has 5 nitrogen and oxygen atoms in total. The van der Waals surface area contributed by atoms with E-state index in [4.69, 9.17) is 5.11 Å². The number of hydrogen-bond donors (Lipinski definition) is 1. The molecule has 22 heavy (non-hydrogen) atoms. The third-order valence-electron chi connectivity index (χ3n) is 3.50. The Morgan fingerprint density at radius 1 is 1.36 bits per heavy atom. The van der Waals surface area contributed by atoms with Crippen molar-refractivity contribution in [2.75, 3.05) is 13.1 Å². The van der Waals surface area contributed by atoms with Crippen LogP contribution >= 0.6 is 0 Å². The lowest BCUT2D eigenvalue weighted by atomic mass is 10.1. The molecule has 2 rings (SSSR count). The molecule has 1 unspecified atom stereocenters. The molecular formula is C13H12F4N2O3. The summed E-state index contributed by atoms with van der Waals surface area (Å²) in [7, 11) is 0. The maximum Gasteiger partial charge on any atom is 0.433 e. The molecule has 9 heteroatoms. The molecule has 2 heterocycles. The maximum absolute atomic E-state index is 13.9. The van der Waals surface area contributed by atoms with Gasteiger partial charge in [-0.15, -0.1) is 0 Å². The number of likely N-dealkylation sites (tertiary alicyclic amines) is 1. The molecule has 0 aliphatic carbocycles. The summed E-state index contributed by atoms with van der Waals surface area (Å²) in [6.45, 7) is 0.474. The Hall–Kier alpha value is -2.19. The fraction of sp³-hybridized carbons (Fsp3) is 0.462. The predicted octanol–water partition coefficient (Wildman–Crippen LogP) is 2.05. The van der Waals surface area contributed by atoms with Crippen molar-refractivity contribution in [1.82, 2.24) is 9.88 Å². The normalized spacial score (nSPS) is 22.0. The van der Waals surface area contributed by atoms with Gasteiger partial charge in [-0.2, -0.15) is 13.2 Å². The molecule has 0 saturated carbocycles. The third-order valence-corrected chi connectivity index (χ3v) is 3.50. The average molecular weight is 320 g/mol. The molecule has 1 amide bonds. The summed E-state index contributed by atoms with van der Waals surface area (Å²) in [6.07, 6.45) is -4.99. The molecule has 1 saturated heterocycles. The molecule has 1 aliphatic heterocycles. The highest BCUT2D eigenvalue weighted by molar-refractivity contribution is 5.96. The number of carbonyl (C=O) groups excluding carboxylic acids is 1. The molecule has 1 N–H and O–H groups in total. The summed E-state index contributed by atoms with van der Waals surface area (Å²) in [6, 6.07) is 1.63. The number of aromatic nitrogens is 1. The second-order valence-corrected chi connectivity index (χ2v) is 5.07. The summed E-state index contributed by atoms with van der Waals surface area (Å²) in [5.41, 5.74) is -3.91. The van der Waals surface area contributed by atoms with Gasteiger partial charge in [0.05, 0.1) is 17.8 Å². The van der Waals surface area contributed by atoms with Crippen molar-refractivity contribution >= 4 is 11.9 Å². The Morgan fingerprint density at radius 3 is 2.45 bits per heavy atom. The molecular weight excluding hydrogens is 308 g/mol. The molecule has 1 atom stereocenters. The van der Waals surface area contributed by atoms with E-state index in [1.807, 2.05) is 0 Å². The van der Waals surface area contributed by atoms with Crippen LogP contribution in [0.5, 0.6) is 0 Å². The van der Waals surface area contributed by atoms with Gasteiger partial charge in [-0.05, 0) is 19.1 Å². The van der Waals surface area contributed by atoms with E-state index in [9.17, 15) is 27.2 Å². The van der Waals surface area contributed by atoms with E-state index >= 15 is 0 Å². The number of amides is 1. The summed E-state index contributed by atoms with van der Waals surface area (Å²) in [5.74, 6) is -2.40. The van der Waals surface area contributed by atoms with Crippen LogP contribution in [0, 0.1) is 6.92 Å². The number of carboxylic acid groups (broad SMARTS) is 1. The number of carbonyl (C=O) groups is 2. The van der Waals surface area contributed by atoms with Crippen LogP contribution in [-0.4, -0.2) is 45.6 Å². The number of nitrogens with zero attached hydrogens (tertiary/aromatic N) is 2. The van der Waals surface area contributed by atoms with Crippen molar-refractivity contribution in [3.8, 4) is 0 Å². The molecule has 0 aromatic carbocycles. The van der Waals surface area contributed by atoms with Gasteiger partial charge < -0.3 is 10.0 Å². The fourth-order valence-electron chi connectivity index (χ4n) is 2.24. The standard InChI is InChI=1S/C13H12F4N2O3/c1-7-8(2-3-9(18-7)13(15,16)17)10(20)19-5-4-12(14,6-19)11(21)22/h2-3H,4-6H2,1H3,(H,21,22). The van der Waals surface area contributed by atoms with E-state index in [2.05, 4.69) is 4.98 Å². The monoisotopic (exact) mass is 320 g/mol. The lowest BCUT2D eigenvalue weighted by Gasteiger charge is -2.19. The van der Waals surface area contributed by atoms with Crippen molar-refractivity contribution < 1.29 is 32.3 Å². The second kappa shape index (κ2) is 5.22. The zero-order chi connectivity index (χ0) is 16.7. The molecule has 1 aromatic rings. The second-order valence-electron chi connectivity index (χ2n) is 5.07. The first-order chi connectivity index (χ1) is 10.0. The van der Waals surface area contributed by atoms with Crippen molar-refractivity contribution in [3.05, 3.63) is 29.1 Å². The lowest BCUT2D eigenvalue weighted by Crippen LogP contribution is -2.39. The number of rotatable bonds is 2. The largest absolute Gasteiger partial charge is 0.479 e. The molecule has 1 fully saturated rings. The van der Waals surface area contributed by atoms with Crippen LogP contribution in [0.4, 0.5) is 17.6 Å². The smallest absolute Gasteiger partial charge is 0.433 e. The van der Waals surface area contributed by atoms with E-state index in [1.54, 1.807) is 0 Å². The Balaban J connectivity index is 2.23. The van der Waals surface area contributed by atoms with Gasteiger partial charge in [-0.1, -0.05) is 0 Å². The van der Waals surface area contributed by atoms with Crippen LogP contribution in [0.1, 0.15) is 28.2 Å². The SMILES string of the molecule is Cc1nc(C(F)(F)F)ccc1C(=O)N1CCC(F)(C(=O)O)C1. The summed E-state index contributed by atoms with van der Waals surface area (Å²) < 4.78 is 51.5. The number of alkyl halides is 4. The average Bonchev–Trinajstić information content (AvgIpc) is 2.81. The first kappa shape index (κ1) is 16.2. The Bertz CT molecular complexity index is 632. The summed E-state index contributed by atoms with van der Waals surface area (Å²) in [4.78, 5) is 27.3. The third kappa shape index (κ3) is 2.88. The van der Waals surface area contributed by atoms with Crippen molar-refractivity contribution in [1.29, 1.82) is 0 Å². The van der Waals surface area contributed by atoms with Gasteiger partial charge in [-0.3, -0.25) is 4.79 Å². The van der Waals surface area contributed by atoms with E-state index < -0.39 is 36.0 Å². The van der Waals surface area contributed by atoms with Crippen molar-refractivity contribution in [3.63, 3.8) is 0 Å². The minimum atomic E-state index is -4.63. The van der Waals surface area contributed by atoms with E-state index in [1.165, 1.54) is 6.92 Å². The number of aliphatic carboxylic acids is 1. The predicted molar refractivity (Wildman–Crippen MR) is 66.0 cm³/mol. The summed E-state index contributed by atoms with van der Waals surface area (Å²) in [5, 5.41) is 8.77. The van der Waals surface area contributed by atoms with Crippen LogP contribution < -0.4 is 0 Å². The highest BCUT2D eigenvalue weighted by atomic mass is 19.4. The van der Waals surface area contributed by atoms with Crippen LogP contribution in [0.15, 0.2) is 12.1 Å². The van der Waals surface area contributed by atoms with E-state index in [-0.39, 0.29) is 24.2 Å². The number of hydrogen-bond acceptors (Lipinski definition) is 3. The van der Waals surface area contributed by atoms with Gasteiger partial charge in [0.1, 0.15) is 5.69 Å². The van der Waals surface area contributed by atoms with Gasteiger partial charge in [0.15, 0.2) is 0 Å². The molecule has 0 spiro atoms. The van der Waals surface area contributed by atoms with E-state index in [0.717, 1.165) is 11.0 Å². The van der Waals surface area contributed by atoms with Crippen molar-refractivity contribution in [2.24, 2.45) is 0 Å².